The maximum atomic E-state index is 8.28. The molecule has 0 bridgehead atoms. The molecular formula is C52H64Cl2. The molecule has 0 saturated carbocycles. The van der Waals surface area contributed by atoms with Crippen molar-refractivity contribution in [1.29, 1.82) is 0 Å². The third kappa shape index (κ3) is 8.41. The van der Waals surface area contributed by atoms with Crippen LogP contribution in [-0.2, 0) is 36.8 Å². The second-order valence-electron chi connectivity index (χ2n) is 20.7. The van der Waals surface area contributed by atoms with Crippen molar-refractivity contribution < 1.29 is 0 Å². The van der Waals surface area contributed by atoms with Gasteiger partial charge < -0.3 is 0 Å². The summed E-state index contributed by atoms with van der Waals surface area (Å²) < 4.78 is 0. The summed E-state index contributed by atoms with van der Waals surface area (Å²) in [5, 5.41) is 0. The molecule has 0 aliphatic rings. The van der Waals surface area contributed by atoms with Crippen molar-refractivity contribution in [3.05, 3.63) is 176 Å². The smallest absolute Gasteiger partial charge is 0.104 e. The Balaban J connectivity index is 1.86. The SMILES string of the molecule is CC(C)(C)c1ccc(C(Cl)(c2ccc(C(C)(C)C)cc2)c2cc(C(C)(C)C)cc(C(Cl)(c3ccc(C(C)(C)C)cc3)c3ccc(C(C)(C)C)cc3)c2)cc1. The van der Waals surface area contributed by atoms with Crippen LogP contribution in [0.2, 0.25) is 0 Å². The van der Waals surface area contributed by atoms with Crippen LogP contribution in [0, 0.1) is 0 Å². The maximum Gasteiger partial charge on any atom is 0.119 e. The quantitative estimate of drug-likeness (QED) is 0.119. The van der Waals surface area contributed by atoms with Gasteiger partial charge in [0.2, 0.25) is 0 Å². The molecule has 0 nitrogen and oxygen atoms in total. The van der Waals surface area contributed by atoms with Crippen LogP contribution in [-0.4, -0.2) is 0 Å². The number of hydrogen-bond donors (Lipinski definition) is 0. The van der Waals surface area contributed by atoms with Crippen LogP contribution in [0.15, 0.2) is 115 Å². The predicted molar refractivity (Wildman–Crippen MR) is 237 cm³/mol. The molecule has 0 fully saturated rings. The molecule has 5 aromatic rings. The molecule has 0 amide bonds. The molecule has 0 atom stereocenters. The Hall–Kier alpha value is -3.32. The van der Waals surface area contributed by atoms with Crippen LogP contribution in [0.5, 0.6) is 0 Å². The Bertz CT molecular complexity index is 1790. The Morgan fingerprint density at radius 3 is 0.537 bits per heavy atom. The normalized spacial score (nSPS) is 13.6. The van der Waals surface area contributed by atoms with E-state index >= 15 is 0 Å². The third-order valence-corrected chi connectivity index (χ3v) is 12.5. The fourth-order valence-electron chi connectivity index (χ4n) is 7.26. The Labute approximate surface area is 338 Å². The van der Waals surface area contributed by atoms with Gasteiger partial charge in [0.1, 0.15) is 9.75 Å². The van der Waals surface area contributed by atoms with Gasteiger partial charge >= 0.3 is 0 Å². The van der Waals surface area contributed by atoms with Crippen LogP contribution < -0.4 is 0 Å². The summed E-state index contributed by atoms with van der Waals surface area (Å²) in [6.45, 7) is 33.8. The van der Waals surface area contributed by atoms with Gasteiger partial charge in [0.15, 0.2) is 0 Å². The standard InChI is InChI=1S/C52H64Cl2/c1-46(2,3)35-16-24-39(25-17-35)51(53,40-26-18-36(19-27-40)47(4,5)6)44-32-43(50(13,14)15)33-45(34-44)52(54,41-28-20-37(21-29-41)48(7,8)9)42-30-22-38(23-31-42)49(10,11)12/h16-34H,1-15H3. The first kappa shape index (κ1) is 41.8. The van der Waals surface area contributed by atoms with E-state index in [0.717, 1.165) is 33.4 Å². The second-order valence-corrected chi connectivity index (χ2v) is 21.8. The van der Waals surface area contributed by atoms with E-state index in [9.17, 15) is 0 Å². The molecule has 0 heterocycles. The van der Waals surface area contributed by atoms with Gasteiger partial charge in [0.05, 0.1) is 0 Å². The van der Waals surface area contributed by atoms with E-state index in [1.165, 1.54) is 27.8 Å². The fraction of sp³-hybridized carbons (Fsp3) is 0.423. The lowest BCUT2D eigenvalue weighted by Crippen LogP contribution is -2.28. The van der Waals surface area contributed by atoms with Crippen molar-refractivity contribution in [2.75, 3.05) is 0 Å². The second kappa shape index (κ2) is 14.3. The van der Waals surface area contributed by atoms with E-state index < -0.39 is 9.75 Å². The van der Waals surface area contributed by atoms with Crippen LogP contribution in [0.1, 0.15) is 165 Å². The zero-order valence-corrected chi connectivity index (χ0v) is 37.2. The zero-order chi connectivity index (χ0) is 40.3. The molecule has 2 heteroatoms. The summed E-state index contributed by atoms with van der Waals surface area (Å²) in [6, 6.07) is 42.6. The number of benzene rings is 5. The topological polar surface area (TPSA) is 0 Å². The van der Waals surface area contributed by atoms with Gasteiger partial charge in [-0.05, 0) is 88.3 Å². The van der Waals surface area contributed by atoms with E-state index in [2.05, 4.69) is 219 Å². The first-order valence-corrected chi connectivity index (χ1v) is 20.4. The number of rotatable bonds is 6. The largest absolute Gasteiger partial charge is 0.119 e. The summed E-state index contributed by atoms with van der Waals surface area (Å²) in [5.41, 5.74) is 12.3. The first-order chi connectivity index (χ1) is 24.7. The minimum absolute atomic E-state index is 0.0183. The van der Waals surface area contributed by atoms with Gasteiger partial charge in [-0.3, -0.25) is 0 Å². The molecule has 5 aromatic carbocycles. The first-order valence-electron chi connectivity index (χ1n) is 19.6. The van der Waals surface area contributed by atoms with E-state index in [-0.39, 0.29) is 27.1 Å². The highest BCUT2D eigenvalue weighted by Crippen LogP contribution is 2.50. The molecular weight excluding hydrogens is 695 g/mol. The Morgan fingerprint density at radius 1 is 0.222 bits per heavy atom. The van der Waals surface area contributed by atoms with Crippen LogP contribution in [0.3, 0.4) is 0 Å². The van der Waals surface area contributed by atoms with Crippen molar-refractivity contribution in [3.8, 4) is 0 Å². The van der Waals surface area contributed by atoms with Gasteiger partial charge in [-0.25, -0.2) is 0 Å². The van der Waals surface area contributed by atoms with Crippen LogP contribution in [0.25, 0.3) is 0 Å². The predicted octanol–water partition coefficient (Wildman–Crippen LogP) is 15.2. The van der Waals surface area contributed by atoms with Gasteiger partial charge in [0, 0.05) is 0 Å². The monoisotopic (exact) mass is 758 g/mol. The average molecular weight is 760 g/mol. The lowest BCUT2D eigenvalue weighted by Gasteiger charge is -2.36. The fourth-order valence-corrected chi connectivity index (χ4v) is 7.98. The maximum absolute atomic E-state index is 8.28. The molecule has 0 aliphatic carbocycles. The molecule has 54 heavy (non-hydrogen) atoms. The zero-order valence-electron chi connectivity index (χ0n) is 35.7. The Kier molecular flexibility index (Phi) is 11.1. The summed E-state index contributed by atoms with van der Waals surface area (Å²) in [4.78, 5) is -1.99. The lowest BCUT2D eigenvalue weighted by molar-refractivity contribution is 0.585. The molecule has 0 spiro atoms. The summed E-state index contributed by atoms with van der Waals surface area (Å²) in [7, 11) is 0. The van der Waals surface area contributed by atoms with Crippen molar-refractivity contribution in [2.24, 2.45) is 0 Å². The molecule has 0 radical (unpaired) electrons. The highest BCUT2D eigenvalue weighted by molar-refractivity contribution is 6.29. The van der Waals surface area contributed by atoms with Crippen molar-refractivity contribution in [3.63, 3.8) is 0 Å². The summed E-state index contributed by atoms with van der Waals surface area (Å²) in [5.74, 6) is 0. The summed E-state index contributed by atoms with van der Waals surface area (Å²) >= 11 is 16.6. The van der Waals surface area contributed by atoms with Crippen molar-refractivity contribution in [1.82, 2.24) is 0 Å². The molecule has 5 rings (SSSR count). The molecule has 0 unspecified atom stereocenters. The third-order valence-electron chi connectivity index (χ3n) is 11.2. The van der Waals surface area contributed by atoms with Crippen molar-refractivity contribution >= 4 is 23.2 Å². The van der Waals surface area contributed by atoms with E-state index in [4.69, 9.17) is 23.2 Å². The Morgan fingerprint density at radius 2 is 0.370 bits per heavy atom. The average Bonchev–Trinajstić information content (AvgIpc) is 3.09. The molecule has 286 valence electrons. The van der Waals surface area contributed by atoms with E-state index in [1.807, 2.05) is 0 Å². The minimum atomic E-state index is -0.993. The van der Waals surface area contributed by atoms with Gasteiger partial charge in [-0.2, -0.15) is 0 Å². The highest BCUT2D eigenvalue weighted by Gasteiger charge is 2.40. The van der Waals surface area contributed by atoms with E-state index in [1.54, 1.807) is 0 Å². The lowest BCUT2D eigenvalue weighted by atomic mass is 9.74. The van der Waals surface area contributed by atoms with Crippen molar-refractivity contribution in [2.45, 2.75) is 141 Å². The molecule has 0 N–H and O–H groups in total. The van der Waals surface area contributed by atoms with Crippen LogP contribution >= 0.6 is 23.2 Å². The van der Waals surface area contributed by atoms with Gasteiger partial charge in [-0.15, -0.1) is 23.2 Å². The van der Waals surface area contributed by atoms with Crippen LogP contribution in [0.4, 0.5) is 0 Å². The molecule has 0 aromatic heterocycles. The van der Waals surface area contributed by atoms with E-state index in [0.29, 0.717) is 0 Å². The number of hydrogen-bond acceptors (Lipinski definition) is 0. The van der Waals surface area contributed by atoms with Gasteiger partial charge in [0.25, 0.3) is 0 Å². The summed E-state index contributed by atoms with van der Waals surface area (Å²) in [6.07, 6.45) is 0. The molecule has 0 aliphatic heterocycles. The molecule has 0 saturated heterocycles. The highest BCUT2D eigenvalue weighted by atomic mass is 35.5. The minimum Gasteiger partial charge on any atom is -0.104 e. The van der Waals surface area contributed by atoms with Gasteiger partial charge in [-0.1, -0.05) is 219 Å². The number of halogens is 2. The number of alkyl halides is 2.